The number of carboxylic acids is 1. The number of anilines is 1. The average Bonchev–Trinajstić information content (AvgIpc) is 2.95. The van der Waals surface area contributed by atoms with E-state index in [2.05, 4.69) is 20.3 Å². The SMILES string of the molecule is COc1cc(C(=O)O)nc(N2CCC(NC(=O)c3[nH]c(C)c(Cl)c3Cl)CC2)n1. The van der Waals surface area contributed by atoms with Crippen molar-refractivity contribution in [1.82, 2.24) is 20.3 Å². The van der Waals surface area contributed by atoms with Crippen molar-refractivity contribution in [2.75, 3.05) is 25.1 Å². The van der Waals surface area contributed by atoms with E-state index in [0.717, 1.165) is 0 Å². The van der Waals surface area contributed by atoms with Crippen LogP contribution in [0.5, 0.6) is 5.88 Å². The van der Waals surface area contributed by atoms with Gasteiger partial charge in [-0.1, -0.05) is 23.2 Å². The summed E-state index contributed by atoms with van der Waals surface area (Å²) in [6, 6.07) is 1.21. The number of aromatic nitrogens is 3. The Bertz CT molecular complexity index is 909. The van der Waals surface area contributed by atoms with Gasteiger partial charge in [0.2, 0.25) is 11.8 Å². The molecule has 3 rings (SSSR count). The molecule has 1 saturated heterocycles. The highest BCUT2D eigenvalue weighted by Crippen LogP contribution is 2.29. The Labute approximate surface area is 171 Å². The summed E-state index contributed by atoms with van der Waals surface area (Å²) >= 11 is 12.1. The van der Waals surface area contributed by atoms with Gasteiger partial charge in [-0.05, 0) is 19.8 Å². The molecule has 0 spiro atoms. The number of hydrogen-bond acceptors (Lipinski definition) is 6. The molecule has 2 aromatic rings. The minimum Gasteiger partial charge on any atom is -0.481 e. The third kappa shape index (κ3) is 4.15. The van der Waals surface area contributed by atoms with Crippen LogP contribution in [0.3, 0.4) is 0 Å². The highest BCUT2D eigenvalue weighted by molar-refractivity contribution is 6.44. The van der Waals surface area contributed by atoms with Crippen molar-refractivity contribution in [1.29, 1.82) is 0 Å². The highest BCUT2D eigenvalue weighted by Gasteiger charge is 2.26. The zero-order valence-electron chi connectivity index (χ0n) is 15.3. The first-order valence-electron chi connectivity index (χ1n) is 8.56. The molecule has 11 heteroatoms. The number of aryl methyl sites for hydroxylation is 1. The Morgan fingerprint density at radius 3 is 2.50 bits per heavy atom. The predicted molar refractivity (Wildman–Crippen MR) is 104 cm³/mol. The monoisotopic (exact) mass is 427 g/mol. The third-order valence-corrected chi connectivity index (χ3v) is 5.46. The molecule has 1 aliphatic heterocycles. The number of aromatic amines is 1. The number of hydrogen-bond donors (Lipinski definition) is 3. The molecule has 3 N–H and O–H groups in total. The molecule has 3 heterocycles. The van der Waals surface area contributed by atoms with E-state index in [0.29, 0.717) is 36.6 Å². The molecule has 0 aromatic carbocycles. The number of carboxylic acid groups (broad SMARTS) is 1. The Morgan fingerprint density at radius 2 is 1.96 bits per heavy atom. The molecular formula is C17H19Cl2N5O4. The summed E-state index contributed by atoms with van der Waals surface area (Å²) in [6.07, 6.45) is 1.28. The van der Waals surface area contributed by atoms with Crippen molar-refractivity contribution in [3.63, 3.8) is 0 Å². The Morgan fingerprint density at radius 1 is 1.29 bits per heavy atom. The van der Waals surface area contributed by atoms with E-state index in [4.69, 9.17) is 27.9 Å². The lowest BCUT2D eigenvalue weighted by atomic mass is 10.1. The molecule has 1 fully saturated rings. The molecule has 0 bridgehead atoms. The maximum absolute atomic E-state index is 12.4. The van der Waals surface area contributed by atoms with Crippen molar-refractivity contribution in [3.05, 3.63) is 33.2 Å². The second-order valence-electron chi connectivity index (χ2n) is 6.39. The van der Waals surface area contributed by atoms with Crippen LogP contribution in [-0.2, 0) is 0 Å². The van der Waals surface area contributed by atoms with Crippen LogP contribution < -0.4 is 15.0 Å². The lowest BCUT2D eigenvalue weighted by molar-refractivity contribution is 0.0689. The molecule has 1 aliphatic rings. The van der Waals surface area contributed by atoms with Gasteiger partial charge in [-0.15, -0.1) is 0 Å². The maximum Gasteiger partial charge on any atom is 0.354 e. The molecule has 0 atom stereocenters. The lowest BCUT2D eigenvalue weighted by Crippen LogP contribution is -2.45. The summed E-state index contributed by atoms with van der Waals surface area (Å²) in [6.45, 7) is 2.84. The summed E-state index contributed by atoms with van der Waals surface area (Å²) in [5.74, 6) is -0.993. The molecule has 0 aliphatic carbocycles. The van der Waals surface area contributed by atoms with Crippen molar-refractivity contribution >= 4 is 41.0 Å². The van der Waals surface area contributed by atoms with Crippen LogP contribution in [0.15, 0.2) is 6.07 Å². The van der Waals surface area contributed by atoms with Gasteiger partial charge >= 0.3 is 5.97 Å². The molecule has 1 amide bonds. The molecule has 0 radical (unpaired) electrons. The number of ether oxygens (including phenoxy) is 1. The minimum atomic E-state index is -1.15. The Kier molecular flexibility index (Phi) is 5.95. The maximum atomic E-state index is 12.4. The molecule has 28 heavy (non-hydrogen) atoms. The van der Waals surface area contributed by atoms with E-state index in [9.17, 15) is 14.7 Å². The van der Waals surface area contributed by atoms with E-state index in [1.165, 1.54) is 13.2 Å². The molecule has 0 saturated carbocycles. The number of amides is 1. The fourth-order valence-corrected chi connectivity index (χ4v) is 3.39. The molecular weight excluding hydrogens is 409 g/mol. The second kappa shape index (κ2) is 8.24. The van der Waals surface area contributed by atoms with Gasteiger partial charge in [-0.25, -0.2) is 9.78 Å². The van der Waals surface area contributed by atoms with E-state index in [1.807, 2.05) is 4.90 Å². The van der Waals surface area contributed by atoms with Crippen LogP contribution in [0.2, 0.25) is 10.0 Å². The number of halogens is 2. The van der Waals surface area contributed by atoms with Gasteiger partial charge in [0.05, 0.1) is 17.2 Å². The summed E-state index contributed by atoms with van der Waals surface area (Å²) in [4.78, 5) is 36.7. The summed E-state index contributed by atoms with van der Waals surface area (Å²) in [7, 11) is 1.42. The van der Waals surface area contributed by atoms with Gasteiger partial charge in [-0.2, -0.15) is 4.98 Å². The number of carbonyl (C=O) groups is 2. The summed E-state index contributed by atoms with van der Waals surface area (Å²) in [5, 5.41) is 12.7. The zero-order valence-corrected chi connectivity index (χ0v) is 16.8. The van der Waals surface area contributed by atoms with Crippen LogP contribution in [0.25, 0.3) is 0 Å². The second-order valence-corrected chi connectivity index (χ2v) is 7.14. The molecule has 9 nitrogen and oxygen atoms in total. The first-order chi connectivity index (χ1) is 13.3. The number of aromatic carboxylic acids is 1. The van der Waals surface area contributed by atoms with E-state index < -0.39 is 5.97 Å². The average molecular weight is 428 g/mol. The van der Waals surface area contributed by atoms with Gasteiger partial charge in [-0.3, -0.25) is 4.79 Å². The Hall–Kier alpha value is -2.52. The first kappa shape index (κ1) is 20.2. The Balaban J connectivity index is 1.64. The van der Waals surface area contributed by atoms with E-state index in [1.54, 1.807) is 6.92 Å². The van der Waals surface area contributed by atoms with Gasteiger partial charge in [0.1, 0.15) is 5.69 Å². The summed E-state index contributed by atoms with van der Waals surface area (Å²) in [5.41, 5.74) is 0.746. The predicted octanol–water partition coefficient (Wildman–Crippen LogP) is 2.53. The fraction of sp³-hybridized carbons (Fsp3) is 0.412. The van der Waals surface area contributed by atoms with Crippen molar-refractivity contribution in [3.8, 4) is 5.88 Å². The topological polar surface area (TPSA) is 120 Å². The van der Waals surface area contributed by atoms with E-state index in [-0.39, 0.29) is 40.2 Å². The van der Waals surface area contributed by atoms with Crippen LogP contribution in [0.4, 0.5) is 5.95 Å². The van der Waals surface area contributed by atoms with Gasteiger partial charge in [0, 0.05) is 30.9 Å². The number of H-pyrrole nitrogens is 1. The van der Waals surface area contributed by atoms with Crippen LogP contribution in [0.1, 0.15) is 39.5 Å². The largest absolute Gasteiger partial charge is 0.481 e. The van der Waals surface area contributed by atoms with Crippen LogP contribution in [0, 0.1) is 6.92 Å². The van der Waals surface area contributed by atoms with Crippen molar-refractivity contribution < 1.29 is 19.4 Å². The smallest absolute Gasteiger partial charge is 0.354 e. The summed E-state index contributed by atoms with van der Waals surface area (Å²) < 4.78 is 5.06. The van der Waals surface area contributed by atoms with Gasteiger partial charge in [0.15, 0.2) is 5.69 Å². The van der Waals surface area contributed by atoms with Crippen LogP contribution in [-0.4, -0.2) is 58.2 Å². The van der Waals surface area contributed by atoms with Crippen LogP contribution >= 0.6 is 23.2 Å². The van der Waals surface area contributed by atoms with Crippen molar-refractivity contribution in [2.45, 2.75) is 25.8 Å². The first-order valence-corrected chi connectivity index (χ1v) is 9.31. The number of carbonyl (C=O) groups excluding carboxylic acids is 1. The number of nitrogens with one attached hydrogen (secondary N) is 2. The normalized spacial score (nSPS) is 14.8. The molecule has 150 valence electrons. The number of piperidine rings is 1. The number of methoxy groups -OCH3 is 1. The fourth-order valence-electron chi connectivity index (χ4n) is 2.98. The zero-order chi connectivity index (χ0) is 20.4. The van der Waals surface area contributed by atoms with Crippen molar-refractivity contribution in [2.24, 2.45) is 0 Å². The lowest BCUT2D eigenvalue weighted by Gasteiger charge is -2.32. The molecule has 0 unspecified atom stereocenters. The molecule has 2 aromatic heterocycles. The number of rotatable bonds is 5. The third-order valence-electron chi connectivity index (χ3n) is 4.51. The minimum absolute atomic E-state index is 0.0632. The quantitative estimate of drug-likeness (QED) is 0.669. The van der Waals surface area contributed by atoms with Gasteiger partial charge < -0.3 is 25.0 Å². The number of nitrogens with zero attached hydrogens (tertiary/aromatic N) is 3. The highest BCUT2D eigenvalue weighted by atomic mass is 35.5. The van der Waals surface area contributed by atoms with E-state index >= 15 is 0 Å². The van der Waals surface area contributed by atoms with Gasteiger partial charge in [0.25, 0.3) is 5.91 Å². The standard InChI is InChI=1S/C17H19Cl2N5O4/c1-8-12(18)13(19)14(20-8)15(25)21-9-3-5-24(6-4-9)17-22-10(16(26)27)7-11(23-17)28-2/h7,9,20H,3-6H2,1-2H3,(H,21,25)(H,26,27).